The summed E-state index contributed by atoms with van der Waals surface area (Å²) in [5, 5.41) is 0. The minimum Gasteiger partial charge on any atom is -0.385 e. The summed E-state index contributed by atoms with van der Waals surface area (Å²) in [7, 11) is 0. The molecule has 2 N–H and O–H groups in total. The van der Waals surface area contributed by atoms with E-state index in [1.165, 1.54) is 0 Å². The van der Waals surface area contributed by atoms with Crippen molar-refractivity contribution in [2.45, 2.75) is 0 Å². The smallest absolute Gasteiger partial charge is 0.151 e. The van der Waals surface area contributed by atoms with Crippen molar-refractivity contribution in [2.24, 2.45) is 0 Å². The van der Waals surface area contributed by atoms with Crippen LogP contribution in [0.4, 0.5) is 5.82 Å². The summed E-state index contributed by atoms with van der Waals surface area (Å²) in [4.78, 5) is 4.15. The highest BCUT2D eigenvalue weighted by Gasteiger charge is 2.00. The predicted molar refractivity (Wildman–Crippen MR) is 52.3 cm³/mol. The van der Waals surface area contributed by atoms with Crippen LogP contribution in [0.25, 0.3) is 5.65 Å². The third kappa shape index (κ3) is 0.973. The Morgan fingerprint density at radius 2 is 2.27 bits per heavy atom. The number of anilines is 1. The van der Waals surface area contributed by atoms with Gasteiger partial charge in [0.1, 0.15) is 5.82 Å². The summed E-state index contributed by atoms with van der Waals surface area (Å²) in [5.41, 5.74) is 6.61. The standard InChI is InChI=1S/C7H6IN3/c8-5-1-2-6(9)11-4-3-10-7(5)11/h1-4H,9H2. The summed E-state index contributed by atoms with van der Waals surface area (Å²) < 4.78 is 2.98. The number of aromatic nitrogens is 2. The molecule has 0 aliphatic rings. The average molecular weight is 259 g/mol. The van der Waals surface area contributed by atoms with Crippen LogP contribution >= 0.6 is 22.6 Å². The Labute approximate surface area is 77.4 Å². The number of hydrogen-bond donors (Lipinski definition) is 1. The third-order valence-corrected chi connectivity index (χ3v) is 2.37. The van der Waals surface area contributed by atoms with E-state index in [0.717, 1.165) is 15.0 Å². The second-order valence-electron chi connectivity index (χ2n) is 2.23. The number of halogens is 1. The van der Waals surface area contributed by atoms with E-state index in [2.05, 4.69) is 27.6 Å². The average Bonchev–Trinajstić information content (AvgIpc) is 2.45. The summed E-state index contributed by atoms with van der Waals surface area (Å²) in [6.45, 7) is 0. The molecular formula is C7H6IN3. The maximum Gasteiger partial charge on any atom is 0.151 e. The molecule has 0 radical (unpaired) electrons. The maximum atomic E-state index is 5.69. The first-order valence-electron chi connectivity index (χ1n) is 3.16. The largest absolute Gasteiger partial charge is 0.385 e. The van der Waals surface area contributed by atoms with Gasteiger partial charge in [-0.05, 0) is 34.7 Å². The molecular weight excluding hydrogens is 253 g/mol. The molecule has 0 aromatic carbocycles. The fraction of sp³-hybridized carbons (Fsp3) is 0. The lowest BCUT2D eigenvalue weighted by molar-refractivity contribution is 1.19. The van der Waals surface area contributed by atoms with E-state index in [4.69, 9.17) is 5.73 Å². The summed E-state index contributed by atoms with van der Waals surface area (Å²) >= 11 is 2.23. The second kappa shape index (κ2) is 2.37. The number of pyridine rings is 1. The van der Waals surface area contributed by atoms with Gasteiger partial charge in [-0.3, -0.25) is 4.40 Å². The maximum absolute atomic E-state index is 5.69. The van der Waals surface area contributed by atoms with Crippen molar-refractivity contribution < 1.29 is 0 Å². The van der Waals surface area contributed by atoms with Gasteiger partial charge in [0, 0.05) is 12.4 Å². The van der Waals surface area contributed by atoms with E-state index in [1.54, 1.807) is 6.20 Å². The zero-order valence-corrected chi connectivity index (χ0v) is 7.82. The Morgan fingerprint density at radius 3 is 3.00 bits per heavy atom. The molecule has 0 unspecified atom stereocenters. The van der Waals surface area contributed by atoms with Gasteiger partial charge in [0.25, 0.3) is 0 Å². The molecule has 2 rings (SSSR count). The van der Waals surface area contributed by atoms with Gasteiger partial charge in [-0.15, -0.1) is 0 Å². The highest BCUT2D eigenvalue weighted by Crippen LogP contribution is 2.14. The molecule has 0 saturated carbocycles. The summed E-state index contributed by atoms with van der Waals surface area (Å²) in [6.07, 6.45) is 3.60. The van der Waals surface area contributed by atoms with Crippen molar-refractivity contribution >= 4 is 34.1 Å². The Morgan fingerprint density at radius 1 is 1.45 bits per heavy atom. The molecule has 2 heterocycles. The topological polar surface area (TPSA) is 43.3 Å². The molecule has 0 aliphatic carbocycles. The van der Waals surface area contributed by atoms with Gasteiger partial charge in [0.2, 0.25) is 0 Å². The van der Waals surface area contributed by atoms with Crippen molar-refractivity contribution in [3.05, 3.63) is 28.1 Å². The molecule has 0 bridgehead atoms. The van der Waals surface area contributed by atoms with Gasteiger partial charge in [0.15, 0.2) is 5.65 Å². The predicted octanol–water partition coefficient (Wildman–Crippen LogP) is 1.52. The van der Waals surface area contributed by atoms with Gasteiger partial charge in [0.05, 0.1) is 3.57 Å². The Bertz CT molecular complexity index is 357. The van der Waals surface area contributed by atoms with Crippen molar-refractivity contribution in [1.29, 1.82) is 0 Å². The number of nitrogen functional groups attached to an aromatic ring is 1. The van der Waals surface area contributed by atoms with Crippen LogP contribution in [0.15, 0.2) is 24.5 Å². The normalized spacial score (nSPS) is 10.6. The van der Waals surface area contributed by atoms with E-state index in [-0.39, 0.29) is 0 Å². The van der Waals surface area contributed by atoms with Crippen LogP contribution in [-0.2, 0) is 0 Å². The van der Waals surface area contributed by atoms with Gasteiger partial charge in [-0.1, -0.05) is 0 Å². The molecule has 11 heavy (non-hydrogen) atoms. The number of nitrogens with zero attached hydrogens (tertiary/aromatic N) is 2. The third-order valence-electron chi connectivity index (χ3n) is 1.53. The molecule has 0 aliphatic heterocycles. The lowest BCUT2D eigenvalue weighted by atomic mass is 10.4. The van der Waals surface area contributed by atoms with Crippen LogP contribution < -0.4 is 5.73 Å². The van der Waals surface area contributed by atoms with Gasteiger partial charge >= 0.3 is 0 Å². The summed E-state index contributed by atoms with van der Waals surface area (Å²) in [5.74, 6) is 0.720. The molecule has 4 heteroatoms. The van der Waals surface area contributed by atoms with E-state index >= 15 is 0 Å². The number of imidazole rings is 1. The molecule has 0 fully saturated rings. The van der Waals surface area contributed by atoms with E-state index in [9.17, 15) is 0 Å². The molecule has 2 aromatic heterocycles. The number of nitrogens with two attached hydrogens (primary N) is 1. The molecule has 0 amide bonds. The molecule has 0 atom stereocenters. The molecule has 0 spiro atoms. The molecule has 56 valence electrons. The van der Waals surface area contributed by atoms with Crippen LogP contribution in [0, 0.1) is 3.57 Å². The van der Waals surface area contributed by atoms with Crippen LogP contribution in [0.1, 0.15) is 0 Å². The summed E-state index contributed by atoms with van der Waals surface area (Å²) in [6, 6.07) is 3.83. The quantitative estimate of drug-likeness (QED) is 0.729. The lowest BCUT2D eigenvalue weighted by Crippen LogP contribution is -1.96. The Kier molecular flexibility index (Phi) is 1.49. The zero-order chi connectivity index (χ0) is 7.84. The number of hydrogen-bond acceptors (Lipinski definition) is 2. The van der Waals surface area contributed by atoms with E-state index in [0.29, 0.717) is 0 Å². The van der Waals surface area contributed by atoms with Crippen molar-refractivity contribution in [3.63, 3.8) is 0 Å². The van der Waals surface area contributed by atoms with E-state index < -0.39 is 0 Å². The van der Waals surface area contributed by atoms with Crippen LogP contribution in [0.3, 0.4) is 0 Å². The Hall–Kier alpha value is -0.780. The molecule has 3 nitrogen and oxygen atoms in total. The number of rotatable bonds is 0. The number of fused-ring (bicyclic) bond motifs is 1. The monoisotopic (exact) mass is 259 g/mol. The fourth-order valence-electron chi connectivity index (χ4n) is 1.00. The first-order chi connectivity index (χ1) is 5.29. The van der Waals surface area contributed by atoms with Crippen LogP contribution in [0.5, 0.6) is 0 Å². The van der Waals surface area contributed by atoms with Gasteiger partial charge in [-0.25, -0.2) is 4.98 Å². The molecule has 2 aromatic rings. The van der Waals surface area contributed by atoms with Crippen molar-refractivity contribution in [1.82, 2.24) is 9.38 Å². The minimum atomic E-state index is 0.720. The van der Waals surface area contributed by atoms with Crippen molar-refractivity contribution in [3.8, 4) is 0 Å². The SMILES string of the molecule is Nc1ccc(I)c2nccn12. The van der Waals surface area contributed by atoms with Gasteiger partial charge in [-0.2, -0.15) is 0 Å². The first-order valence-corrected chi connectivity index (χ1v) is 4.24. The molecule has 0 saturated heterocycles. The fourth-order valence-corrected chi connectivity index (χ4v) is 1.58. The first kappa shape index (κ1) is 6.90. The highest BCUT2D eigenvalue weighted by molar-refractivity contribution is 14.1. The van der Waals surface area contributed by atoms with Crippen molar-refractivity contribution in [2.75, 3.05) is 5.73 Å². The second-order valence-corrected chi connectivity index (χ2v) is 3.39. The van der Waals surface area contributed by atoms with Gasteiger partial charge < -0.3 is 5.73 Å². The minimum absolute atomic E-state index is 0.720. The zero-order valence-electron chi connectivity index (χ0n) is 5.66. The highest BCUT2D eigenvalue weighted by atomic mass is 127. The van der Waals surface area contributed by atoms with E-state index in [1.807, 2.05) is 22.7 Å². The Balaban J connectivity index is 2.96. The lowest BCUT2D eigenvalue weighted by Gasteiger charge is -1.99. The van der Waals surface area contributed by atoms with Crippen LogP contribution in [-0.4, -0.2) is 9.38 Å². The van der Waals surface area contributed by atoms with Crippen LogP contribution in [0.2, 0.25) is 0 Å².